The Bertz CT molecular complexity index is 938. The van der Waals surface area contributed by atoms with Gasteiger partial charge < -0.3 is 9.84 Å². The molecule has 1 aliphatic heterocycles. The number of hydrogen-bond acceptors (Lipinski definition) is 5. The van der Waals surface area contributed by atoms with Crippen LogP contribution in [-0.2, 0) is 24.1 Å². The van der Waals surface area contributed by atoms with Crippen LogP contribution in [0.3, 0.4) is 0 Å². The van der Waals surface area contributed by atoms with Gasteiger partial charge >= 0.3 is 12.1 Å². The summed E-state index contributed by atoms with van der Waals surface area (Å²) in [4.78, 5) is 21.4. The molecule has 0 atom stereocenters. The van der Waals surface area contributed by atoms with Crippen LogP contribution in [0.5, 0.6) is 5.75 Å². The van der Waals surface area contributed by atoms with Gasteiger partial charge in [0.2, 0.25) is 0 Å². The average molecular weight is 449 g/mol. The van der Waals surface area contributed by atoms with Crippen molar-refractivity contribution in [1.82, 2.24) is 14.9 Å². The summed E-state index contributed by atoms with van der Waals surface area (Å²) in [6.07, 6.45) is 2.98. The van der Waals surface area contributed by atoms with Crippen LogP contribution in [0.25, 0.3) is 0 Å². The van der Waals surface area contributed by atoms with Gasteiger partial charge in [-0.3, -0.25) is 19.7 Å². The molecule has 172 valence electrons. The fraction of sp³-hybridized carbons (Fsp3) is 0.522. The number of likely N-dealkylation sites (tertiary alicyclic amines) is 1. The quantitative estimate of drug-likeness (QED) is 0.664. The number of halogens is 3. The van der Waals surface area contributed by atoms with Gasteiger partial charge in [-0.1, -0.05) is 19.3 Å². The van der Waals surface area contributed by atoms with Gasteiger partial charge in [0.25, 0.3) is 0 Å². The lowest BCUT2D eigenvalue weighted by molar-refractivity contribution is -0.147. The summed E-state index contributed by atoms with van der Waals surface area (Å²) in [5, 5.41) is 8.92. The summed E-state index contributed by atoms with van der Waals surface area (Å²) in [7, 11) is 0. The molecule has 2 aromatic rings. The lowest BCUT2D eigenvalue weighted by atomic mass is 9.82. The highest BCUT2D eigenvalue weighted by Crippen LogP contribution is 2.40. The van der Waals surface area contributed by atoms with Crippen molar-refractivity contribution in [2.24, 2.45) is 5.92 Å². The Hall–Kier alpha value is -2.68. The number of nitrogens with zero attached hydrogens (tertiary/aromatic N) is 3. The van der Waals surface area contributed by atoms with E-state index in [1.165, 1.54) is 12.4 Å². The Kier molecular flexibility index (Phi) is 6.64. The van der Waals surface area contributed by atoms with E-state index < -0.39 is 17.7 Å². The predicted molar refractivity (Wildman–Crippen MR) is 110 cm³/mol. The van der Waals surface area contributed by atoms with E-state index in [4.69, 9.17) is 9.84 Å². The van der Waals surface area contributed by atoms with Gasteiger partial charge in [-0.25, -0.2) is 0 Å². The van der Waals surface area contributed by atoms with E-state index in [2.05, 4.69) is 9.97 Å². The molecule has 1 N–H and O–H groups in total. The lowest BCUT2D eigenvalue weighted by Gasteiger charge is -2.36. The number of hydrogen-bond donors (Lipinski definition) is 1. The summed E-state index contributed by atoms with van der Waals surface area (Å²) >= 11 is 0. The largest absolute Gasteiger partial charge is 0.486 e. The van der Waals surface area contributed by atoms with E-state index in [1.54, 1.807) is 12.1 Å². The van der Waals surface area contributed by atoms with Crippen LogP contribution in [0, 0.1) is 5.92 Å². The second kappa shape index (κ2) is 9.44. The topological polar surface area (TPSA) is 75.5 Å². The van der Waals surface area contributed by atoms with E-state index >= 15 is 0 Å². The molecular formula is C23H26F3N3O3. The highest BCUT2D eigenvalue weighted by Gasteiger charge is 2.36. The first-order chi connectivity index (χ1) is 15.3. The van der Waals surface area contributed by atoms with Crippen molar-refractivity contribution >= 4 is 5.97 Å². The number of alkyl halides is 3. The maximum absolute atomic E-state index is 13.7. The minimum atomic E-state index is -4.43. The third kappa shape index (κ3) is 5.38. The monoisotopic (exact) mass is 449 g/mol. The van der Waals surface area contributed by atoms with Gasteiger partial charge in [0, 0.05) is 25.8 Å². The first-order valence-electron chi connectivity index (χ1n) is 10.9. The standard InChI is InChI=1S/C23H26F3N3O3/c24-23(25,26)21-8-18(28-10-20(21)15-4-2-1-3-5-15)14-32-19-7-6-17(27-9-19)13-29-11-16(12-29)22(30)31/h6-10,15-16H,1-5,11-14H2,(H,30,31). The molecule has 6 nitrogen and oxygen atoms in total. The van der Waals surface area contributed by atoms with Crippen LogP contribution in [0.1, 0.15) is 60.5 Å². The Balaban J connectivity index is 1.36. The van der Waals surface area contributed by atoms with E-state index in [0.29, 0.717) is 30.9 Å². The third-order valence-corrected chi connectivity index (χ3v) is 6.22. The number of pyridine rings is 2. The zero-order valence-corrected chi connectivity index (χ0v) is 17.6. The van der Waals surface area contributed by atoms with E-state index in [-0.39, 0.29) is 24.1 Å². The first kappa shape index (κ1) is 22.5. The van der Waals surface area contributed by atoms with Crippen molar-refractivity contribution in [3.63, 3.8) is 0 Å². The third-order valence-electron chi connectivity index (χ3n) is 6.22. The summed E-state index contributed by atoms with van der Waals surface area (Å²) in [6, 6.07) is 4.58. The minimum absolute atomic E-state index is 0.0819. The first-order valence-corrected chi connectivity index (χ1v) is 10.9. The molecular weight excluding hydrogens is 423 g/mol. The molecule has 1 aliphatic carbocycles. The van der Waals surface area contributed by atoms with Crippen LogP contribution in [0.4, 0.5) is 13.2 Å². The molecule has 2 aliphatic rings. The molecule has 0 aromatic carbocycles. The number of aromatic nitrogens is 2. The Morgan fingerprint density at radius 1 is 1.09 bits per heavy atom. The van der Waals surface area contributed by atoms with Crippen molar-refractivity contribution in [3.05, 3.63) is 53.1 Å². The van der Waals surface area contributed by atoms with Crippen molar-refractivity contribution in [1.29, 1.82) is 0 Å². The number of rotatable bonds is 7. The Morgan fingerprint density at radius 2 is 1.81 bits per heavy atom. The van der Waals surface area contributed by atoms with Crippen molar-refractivity contribution in [3.8, 4) is 5.75 Å². The maximum Gasteiger partial charge on any atom is 0.416 e. The second-order valence-corrected chi connectivity index (χ2v) is 8.60. The van der Waals surface area contributed by atoms with Gasteiger partial charge in [0.05, 0.1) is 29.1 Å². The molecule has 1 saturated carbocycles. The van der Waals surface area contributed by atoms with Gasteiger partial charge in [0.15, 0.2) is 0 Å². The van der Waals surface area contributed by atoms with Gasteiger partial charge in [0.1, 0.15) is 12.4 Å². The molecule has 0 bridgehead atoms. The minimum Gasteiger partial charge on any atom is -0.486 e. The number of carboxylic acid groups (broad SMARTS) is 1. The van der Waals surface area contributed by atoms with E-state index in [9.17, 15) is 18.0 Å². The molecule has 1 saturated heterocycles. The average Bonchev–Trinajstić information content (AvgIpc) is 2.75. The van der Waals surface area contributed by atoms with Crippen LogP contribution < -0.4 is 4.74 Å². The van der Waals surface area contributed by atoms with Crippen molar-refractivity contribution in [2.45, 2.75) is 57.3 Å². The smallest absolute Gasteiger partial charge is 0.416 e. The van der Waals surface area contributed by atoms with Gasteiger partial charge in [-0.05, 0) is 42.5 Å². The molecule has 0 radical (unpaired) electrons. The fourth-order valence-electron chi connectivity index (χ4n) is 4.40. The zero-order valence-electron chi connectivity index (χ0n) is 17.6. The number of aliphatic carboxylic acids is 1. The molecule has 4 rings (SSSR count). The normalized spacial score (nSPS) is 18.3. The Labute approximate surface area is 184 Å². The van der Waals surface area contributed by atoms with Gasteiger partial charge in [-0.15, -0.1) is 0 Å². The van der Waals surface area contributed by atoms with Crippen molar-refractivity contribution in [2.75, 3.05) is 13.1 Å². The maximum atomic E-state index is 13.7. The summed E-state index contributed by atoms with van der Waals surface area (Å²) < 4.78 is 46.7. The Morgan fingerprint density at radius 3 is 2.44 bits per heavy atom. The number of carboxylic acids is 1. The number of ether oxygens (including phenoxy) is 1. The molecule has 0 unspecified atom stereocenters. The molecule has 0 spiro atoms. The highest BCUT2D eigenvalue weighted by atomic mass is 19.4. The van der Waals surface area contributed by atoms with Crippen LogP contribution in [0.2, 0.25) is 0 Å². The highest BCUT2D eigenvalue weighted by molar-refractivity contribution is 5.71. The summed E-state index contributed by atoms with van der Waals surface area (Å²) in [5.74, 6) is -0.757. The zero-order chi connectivity index (χ0) is 22.7. The molecule has 32 heavy (non-hydrogen) atoms. The SMILES string of the molecule is O=C(O)C1CN(Cc2ccc(OCc3cc(C(F)(F)F)c(C4CCCCC4)cn3)cn2)C1. The van der Waals surface area contributed by atoms with Crippen LogP contribution in [-0.4, -0.2) is 39.0 Å². The fourth-order valence-corrected chi connectivity index (χ4v) is 4.40. The van der Waals surface area contributed by atoms with E-state index in [1.807, 2.05) is 4.90 Å². The molecule has 9 heteroatoms. The van der Waals surface area contributed by atoms with Crippen LogP contribution >= 0.6 is 0 Å². The van der Waals surface area contributed by atoms with Crippen LogP contribution in [0.15, 0.2) is 30.6 Å². The summed E-state index contributed by atoms with van der Waals surface area (Å²) in [6.45, 7) is 1.46. The van der Waals surface area contributed by atoms with E-state index in [0.717, 1.165) is 43.9 Å². The van der Waals surface area contributed by atoms with Gasteiger partial charge in [-0.2, -0.15) is 13.2 Å². The summed E-state index contributed by atoms with van der Waals surface area (Å²) in [5.41, 5.74) is 0.681. The molecule has 0 amide bonds. The second-order valence-electron chi connectivity index (χ2n) is 8.60. The van der Waals surface area contributed by atoms with Crippen molar-refractivity contribution < 1.29 is 27.8 Å². The molecule has 2 aromatic heterocycles. The lowest BCUT2D eigenvalue weighted by Crippen LogP contribution is -2.49. The number of carbonyl (C=O) groups is 1. The molecule has 2 fully saturated rings. The predicted octanol–water partition coefficient (Wildman–Crippen LogP) is 4.64. The molecule has 3 heterocycles.